The van der Waals surface area contributed by atoms with Gasteiger partial charge in [-0.3, -0.25) is 4.79 Å². The Kier molecular flexibility index (Phi) is 5.70. The molecule has 110 valence electrons. The molecule has 0 atom stereocenters. The van der Waals surface area contributed by atoms with Crippen molar-refractivity contribution in [1.82, 2.24) is 4.57 Å². The molecule has 2 rings (SSSR count). The van der Waals surface area contributed by atoms with E-state index in [0.29, 0.717) is 5.69 Å². The molecule has 3 nitrogen and oxygen atoms in total. The maximum absolute atomic E-state index is 12.5. The number of aryl methyl sites for hydroxylation is 1. The first-order valence-corrected chi connectivity index (χ1v) is 8.43. The Balaban J connectivity index is 2.21. The summed E-state index contributed by atoms with van der Waals surface area (Å²) in [6, 6.07) is 9.63. The van der Waals surface area contributed by atoms with E-state index in [0.717, 1.165) is 27.4 Å². The largest absolute Gasteiger partial charge is 0.343 e. The van der Waals surface area contributed by atoms with Crippen molar-refractivity contribution in [2.24, 2.45) is 0 Å². The molecule has 5 heteroatoms. The molecule has 0 unspecified atom stereocenters. The quantitative estimate of drug-likeness (QED) is 0.589. The van der Waals surface area contributed by atoms with Gasteiger partial charge in [-0.15, -0.1) is 18.3 Å². The Morgan fingerprint density at radius 3 is 2.95 bits per heavy atom. The Hall–Kier alpha value is -1.46. The normalized spacial score (nSPS) is 10.4. The van der Waals surface area contributed by atoms with Crippen LogP contribution in [0.2, 0.25) is 0 Å². The molecule has 0 fully saturated rings. The Morgan fingerprint density at radius 1 is 1.48 bits per heavy atom. The number of halogens is 1. The minimum Gasteiger partial charge on any atom is -0.343 e. The number of nitrogens with zero attached hydrogens (tertiary/aromatic N) is 1. The van der Waals surface area contributed by atoms with Crippen LogP contribution < -0.4 is 5.32 Å². The van der Waals surface area contributed by atoms with Gasteiger partial charge >= 0.3 is 0 Å². The molecule has 1 N–H and O–H groups in total. The lowest BCUT2D eigenvalue weighted by Crippen LogP contribution is -2.16. The Bertz CT molecular complexity index is 651. The summed E-state index contributed by atoms with van der Waals surface area (Å²) in [5.41, 5.74) is 1.47. The lowest BCUT2D eigenvalue weighted by atomic mass is 10.3. The molecule has 0 saturated carbocycles. The van der Waals surface area contributed by atoms with Gasteiger partial charge in [0.2, 0.25) is 0 Å². The molecule has 1 heterocycles. The van der Waals surface area contributed by atoms with E-state index in [1.165, 1.54) is 0 Å². The van der Waals surface area contributed by atoms with Crippen LogP contribution in [0.15, 0.2) is 58.6 Å². The molecular weight excluding hydrogens is 348 g/mol. The number of benzene rings is 1. The molecule has 0 aliphatic rings. The van der Waals surface area contributed by atoms with Gasteiger partial charge in [-0.2, -0.15) is 0 Å². The van der Waals surface area contributed by atoms with Crippen molar-refractivity contribution in [2.75, 3.05) is 11.1 Å². The third-order valence-corrected chi connectivity index (χ3v) is 4.43. The van der Waals surface area contributed by atoms with E-state index < -0.39 is 0 Å². The molecule has 0 saturated heterocycles. The van der Waals surface area contributed by atoms with Crippen LogP contribution in [0.25, 0.3) is 0 Å². The number of thioether (sulfide) groups is 1. The molecular formula is C16H17BrN2OS. The number of hydrogen-bond donors (Lipinski definition) is 1. The zero-order valence-corrected chi connectivity index (χ0v) is 14.2. The second-order valence-electron chi connectivity index (χ2n) is 4.38. The standard InChI is InChI=1S/C16H17BrN2OS/c1-3-9-21-15-8-6-5-7-13(15)18-16(20)14-10-12(17)11-19(14)4-2/h3,5-8,10-11H,1,4,9H2,2H3,(H,18,20). The molecule has 21 heavy (non-hydrogen) atoms. The minimum atomic E-state index is -0.103. The van der Waals surface area contributed by atoms with E-state index >= 15 is 0 Å². The monoisotopic (exact) mass is 364 g/mol. The fourth-order valence-electron chi connectivity index (χ4n) is 1.96. The second kappa shape index (κ2) is 7.52. The summed E-state index contributed by atoms with van der Waals surface area (Å²) in [4.78, 5) is 13.5. The van der Waals surface area contributed by atoms with Crippen molar-refractivity contribution in [3.63, 3.8) is 0 Å². The maximum Gasteiger partial charge on any atom is 0.272 e. The Morgan fingerprint density at radius 2 is 2.24 bits per heavy atom. The van der Waals surface area contributed by atoms with Gasteiger partial charge in [0.15, 0.2) is 0 Å². The fraction of sp³-hybridized carbons (Fsp3) is 0.188. The first-order valence-electron chi connectivity index (χ1n) is 6.65. The number of aromatic nitrogens is 1. The highest BCUT2D eigenvalue weighted by molar-refractivity contribution is 9.10. The molecule has 0 aliphatic carbocycles. The highest BCUT2D eigenvalue weighted by Gasteiger charge is 2.14. The van der Waals surface area contributed by atoms with E-state index in [1.54, 1.807) is 11.8 Å². The predicted molar refractivity (Wildman–Crippen MR) is 93.1 cm³/mol. The Labute approximate surface area is 137 Å². The van der Waals surface area contributed by atoms with Crippen LogP contribution in [0.4, 0.5) is 5.69 Å². The van der Waals surface area contributed by atoms with E-state index in [4.69, 9.17) is 0 Å². The van der Waals surface area contributed by atoms with Crippen molar-refractivity contribution in [3.05, 3.63) is 59.4 Å². The van der Waals surface area contributed by atoms with Crippen LogP contribution in [0.3, 0.4) is 0 Å². The smallest absolute Gasteiger partial charge is 0.272 e. The molecule has 2 aromatic rings. The zero-order valence-electron chi connectivity index (χ0n) is 11.8. The second-order valence-corrected chi connectivity index (χ2v) is 6.36. The van der Waals surface area contributed by atoms with E-state index in [-0.39, 0.29) is 5.91 Å². The topological polar surface area (TPSA) is 34.0 Å². The van der Waals surface area contributed by atoms with Crippen molar-refractivity contribution < 1.29 is 4.79 Å². The lowest BCUT2D eigenvalue weighted by molar-refractivity contribution is 0.101. The summed E-state index contributed by atoms with van der Waals surface area (Å²) in [6.07, 6.45) is 3.76. The fourth-order valence-corrected chi connectivity index (χ4v) is 3.17. The number of amides is 1. The van der Waals surface area contributed by atoms with Crippen molar-refractivity contribution >= 4 is 39.3 Å². The van der Waals surface area contributed by atoms with Gasteiger partial charge in [-0.1, -0.05) is 18.2 Å². The number of carbonyl (C=O) groups excluding carboxylic acids is 1. The molecule has 1 aromatic carbocycles. The first-order chi connectivity index (χ1) is 10.2. The third kappa shape index (κ3) is 4.02. The van der Waals surface area contributed by atoms with Crippen LogP contribution in [-0.2, 0) is 6.54 Å². The number of carbonyl (C=O) groups is 1. The summed E-state index contributed by atoms with van der Waals surface area (Å²) in [7, 11) is 0. The molecule has 0 bridgehead atoms. The highest BCUT2D eigenvalue weighted by Crippen LogP contribution is 2.27. The number of rotatable bonds is 6. The third-order valence-electron chi connectivity index (χ3n) is 2.93. The van der Waals surface area contributed by atoms with Crippen LogP contribution in [0.1, 0.15) is 17.4 Å². The van der Waals surface area contributed by atoms with Gasteiger partial charge in [0, 0.05) is 27.9 Å². The van der Waals surface area contributed by atoms with Gasteiger partial charge in [0.25, 0.3) is 5.91 Å². The number of para-hydroxylation sites is 1. The average Bonchev–Trinajstić information content (AvgIpc) is 2.87. The van der Waals surface area contributed by atoms with Crippen molar-refractivity contribution in [3.8, 4) is 0 Å². The average molecular weight is 365 g/mol. The van der Waals surface area contributed by atoms with Gasteiger partial charge < -0.3 is 9.88 Å². The maximum atomic E-state index is 12.5. The van der Waals surface area contributed by atoms with Gasteiger partial charge in [0.1, 0.15) is 5.69 Å². The predicted octanol–water partition coefficient (Wildman–Crippen LogP) is 4.80. The van der Waals surface area contributed by atoms with Crippen LogP contribution in [0, 0.1) is 0 Å². The van der Waals surface area contributed by atoms with E-state index in [9.17, 15) is 4.79 Å². The molecule has 0 spiro atoms. The summed E-state index contributed by atoms with van der Waals surface area (Å²) < 4.78 is 2.82. The molecule has 1 aromatic heterocycles. The molecule has 0 aliphatic heterocycles. The van der Waals surface area contributed by atoms with Gasteiger partial charge in [-0.25, -0.2) is 0 Å². The summed E-state index contributed by atoms with van der Waals surface area (Å²) in [6.45, 7) is 6.48. The van der Waals surface area contributed by atoms with E-state index in [2.05, 4.69) is 27.8 Å². The van der Waals surface area contributed by atoms with Gasteiger partial charge in [0.05, 0.1) is 5.69 Å². The molecule has 1 amide bonds. The number of hydrogen-bond acceptors (Lipinski definition) is 2. The van der Waals surface area contributed by atoms with Crippen LogP contribution >= 0.6 is 27.7 Å². The minimum absolute atomic E-state index is 0.103. The summed E-state index contributed by atoms with van der Waals surface area (Å²) in [5, 5.41) is 2.99. The molecule has 0 radical (unpaired) electrons. The lowest BCUT2D eigenvalue weighted by Gasteiger charge is -2.11. The number of nitrogens with one attached hydrogen (secondary N) is 1. The van der Waals surface area contributed by atoms with Gasteiger partial charge in [-0.05, 0) is 41.1 Å². The van der Waals surface area contributed by atoms with Crippen LogP contribution in [-0.4, -0.2) is 16.2 Å². The van der Waals surface area contributed by atoms with Crippen molar-refractivity contribution in [1.29, 1.82) is 0 Å². The summed E-state index contributed by atoms with van der Waals surface area (Å²) >= 11 is 5.06. The SMILES string of the molecule is C=CCSc1ccccc1NC(=O)c1cc(Br)cn1CC. The van der Waals surface area contributed by atoms with Crippen LogP contribution in [0.5, 0.6) is 0 Å². The first kappa shape index (κ1) is 15.9. The zero-order chi connectivity index (χ0) is 15.2. The number of anilines is 1. The summed E-state index contributed by atoms with van der Waals surface area (Å²) in [5.74, 6) is 0.707. The van der Waals surface area contributed by atoms with E-state index in [1.807, 2.05) is 54.1 Å². The highest BCUT2D eigenvalue weighted by atomic mass is 79.9. The van der Waals surface area contributed by atoms with Crippen molar-refractivity contribution in [2.45, 2.75) is 18.4 Å².